The quantitative estimate of drug-likeness (QED) is 0.167. The molecule has 0 saturated carbocycles. The Kier molecular flexibility index (Phi) is 9.03. The number of hydrogen-bond acceptors (Lipinski definition) is 4. The summed E-state index contributed by atoms with van der Waals surface area (Å²) < 4.78 is 6.75. The Morgan fingerprint density at radius 3 is 1.69 bits per heavy atom. The van der Waals surface area contributed by atoms with Gasteiger partial charge in [-0.3, -0.25) is 9.13 Å². The molecule has 8 aromatic carbocycles. The molecule has 7 nitrogen and oxygen atoms in total. The van der Waals surface area contributed by atoms with Gasteiger partial charge in [-0.15, -0.1) is 0 Å². The standard InChI is InChI=1S/C60H41N7/c1-60(2,3)42-25-30-54-50(35-42)46-16-9-11-19-53(46)65(54)44-26-23-40(24-27-44)52-33-41(34-58(63-52)67-55-28-21-38(36-61)31-48(55)49-32-39(37-62)22-29-56(49)67)45-15-7-8-17-47(45)59-64-51-18-10-12-20-57(51)66(59)43-13-5-4-6-14-43/h4-35H,1-3H3. The van der Waals surface area contributed by atoms with Crippen molar-refractivity contribution in [2.24, 2.45) is 0 Å². The Labute approximate surface area is 387 Å². The summed E-state index contributed by atoms with van der Waals surface area (Å²) in [5.41, 5.74) is 15.2. The predicted molar refractivity (Wildman–Crippen MR) is 272 cm³/mol. The highest BCUT2D eigenvalue weighted by atomic mass is 15.1. The average molecular weight is 860 g/mol. The summed E-state index contributed by atoms with van der Waals surface area (Å²) in [4.78, 5) is 10.8. The minimum absolute atomic E-state index is 0.0230. The van der Waals surface area contributed by atoms with Gasteiger partial charge in [0.1, 0.15) is 11.6 Å². The molecule has 0 bridgehead atoms. The van der Waals surface area contributed by atoms with Crippen LogP contribution in [0, 0.1) is 22.7 Å². The maximum Gasteiger partial charge on any atom is 0.146 e. The van der Waals surface area contributed by atoms with Gasteiger partial charge in [-0.2, -0.15) is 10.5 Å². The first-order chi connectivity index (χ1) is 32.7. The average Bonchev–Trinajstić information content (AvgIpc) is 4.03. The lowest BCUT2D eigenvalue weighted by atomic mass is 9.86. The lowest BCUT2D eigenvalue weighted by Crippen LogP contribution is -2.10. The summed E-state index contributed by atoms with van der Waals surface area (Å²) in [6, 6.07) is 71.7. The van der Waals surface area contributed by atoms with Gasteiger partial charge in [-0.25, -0.2) is 9.97 Å². The third-order valence-corrected chi connectivity index (χ3v) is 13.1. The second-order valence-electron chi connectivity index (χ2n) is 18.1. The third kappa shape index (κ3) is 6.48. The summed E-state index contributed by atoms with van der Waals surface area (Å²) in [6.45, 7) is 6.78. The normalized spacial score (nSPS) is 11.8. The Hall–Kier alpha value is -9.04. The molecule has 0 radical (unpaired) electrons. The zero-order valence-corrected chi connectivity index (χ0v) is 37.1. The van der Waals surface area contributed by atoms with Gasteiger partial charge in [0.05, 0.1) is 62.1 Å². The van der Waals surface area contributed by atoms with E-state index in [4.69, 9.17) is 9.97 Å². The van der Waals surface area contributed by atoms with Gasteiger partial charge in [0, 0.05) is 44.0 Å². The summed E-state index contributed by atoms with van der Waals surface area (Å²) in [6.07, 6.45) is 0. The van der Waals surface area contributed by atoms with Crippen molar-refractivity contribution in [2.45, 2.75) is 26.2 Å². The number of imidazole rings is 1. The van der Waals surface area contributed by atoms with Gasteiger partial charge < -0.3 is 4.57 Å². The van der Waals surface area contributed by atoms with E-state index in [0.717, 1.165) is 89.0 Å². The molecule has 316 valence electrons. The molecule has 12 rings (SSSR count). The number of nitriles is 2. The van der Waals surface area contributed by atoms with E-state index in [9.17, 15) is 10.5 Å². The number of nitrogens with zero attached hydrogens (tertiary/aromatic N) is 7. The summed E-state index contributed by atoms with van der Waals surface area (Å²) in [7, 11) is 0. The van der Waals surface area contributed by atoms with Crippen LogP contribution in [0.1, 0.15) is 37.5 Å². The number of fused-ring (bicyclic) bond motifs is 7. The van der Waals surface area contributed by atoms with Gasteiger partial charge in [0.15, 0.2) is 0 Å². The van der Waals surface area contributed by atoms with Crippen molar-refractivity contribution in [3.63, 3.8) is 0 Å². The van der Waals surface area contributed by atoms with E-state index < -0.39 is 0 Å². The van der Waals surface area contributed by atoms with Gasteiger partial charge in [-0.05, 0) is 125 Å². The van der Waals surface area contributed by atoms with Crippen molar-refractivity contribution >= 4 is 54.6 Å². The van der Waals surface area contributed by atoms with Crippen molar-refractivity contribution in [3.05, 3.63) is 211 Å². The maximum absolute atomic E-state index is 9.97. The zero-order chi connectivity index (χ0) is 45.4. The van der Waals surface area contributed by atoms with Crippen LogP contribution in [0.4, 0.5) is 0 Å². The van der Waals surface area contributed by atoms with Gasteiger partial charge >= 0.3 is 0 Å². The van der Waals surface area contributed by atoms with Crippen LogP contribution in [0.25, 0.3) is 106 Å². The van der Waals surface area contributed by atoms with Crippen molar-refractivity contribution in [1.29, 1.82) is 10.5 Å². The van der Waals surface area contributed by atoms with Crippen LogP contribution in [-0.2, 0) is 5.41 Å². The van der Waals surface area contributed by atoms with Crippen molar-refractivity contribution in [1.82, 2.24) is 23.7 Å². The number of para-hydroxylation sites is 4. The molecule has 0 atom stereocenters. The molecule has 0 aliphatic heterocycles. The van der Waals surface area contributed by atoms with Crippen LogP contribution in [-0.4, -0.2) is 23.7 Å². The topological polar surface area (TPSA) is 88.1 Å². The molecule has 4 heterocycles. The Bertz CT molecular complexity index is 3960. The molecule has 12 aromatic rings. The van der Waals surface area contributed by atoms with Crippen LogP contribution >= 0.6 is 0 Å². The maximum atomic E-state index is 9.97. The van der Waals surface area contributed by atoms with Crippen LogP contribution in [0.5, 0.6) is 0 Å². The second kappa shape index (κ2) is 15.3. The predicted octanol–water partition coefficient (Wildman–Crippen LogP) is 14.7. The molecule has 0 saturated heterocycles. The first kappa shape index (κ1) is 39.5. The second-order valence-corrected chi connectivity index (χ2v) is 18.1. The molecule has 4 aromatic heterocycles. The molecular formula is C60H41N7. The van der Waals surface area contributed by atoms with Gasteiger partial charge in [0.2, 0.25) is 0 Å². The third-order valence-electron chi connectivity index (χ3n) is 13.1. The van der Waals surface area contributed by atoms with Crippen molar-refractivity contribution < 1.29 is 0 Å². The number of hydrogen-bond donors (Lipinski definition) is 0. The Morgan fingerprint density at radius 1 is 0.418 bits per heavy atom. The molecule has 0 N–H and O–H groups in total. The van der Waals surface area contributed by atoms with E-state index >= 15 is 0 Å². The smallest absolute Gasteiger partial charge is 0.146 e. The fourth-order valence-electron chi connectivity index (χ4n) is 9.82. The number of aromatic nitrogens is 5. The highest BCUT2D eigenvalue weighted by Gasteiger charge is 2.22. The monoisotopic (exact) mass is 859 g/mol. The zero-order valence-electron chi connectivity index (χ0n) is 37.1. The molecule has 0 spiro atoms. The first-order valence-electron chi connectivity index (χ1n) is 22.4. The molecule has 0 unspecified atom stereocenters. The molecule has 0 aliphatic carbocycles. The van der Waals surface area contributed by atoms with Crippen LogP contribution < -0.4 is 0 Å². The van der Waals surface area contributed by atoms with Crippen LogP contribution in [0.2, 0.25) is 0 Å². The molecular weight excluding hydrogens is 819 g/mol. The number of rotatable bonds is 6. The lowest BCUT2D eigenvalue weighted by Gasteiger charge is -2.19. The fraction of sp³-hybridized carbons (Fsp3) is 0.0667. The van der Waals surface area contributed by atoms with E-state index in [2.05, 4.69) is 192 Å². The first-order valence-corrected chi connectivity index (χ1v) is 22.4. The molecule has 67 heavy (non-hydrogen) atoms. The van der Waals surface area contributed by atoms with E-state index in [-0.39, 0.29) is 5.41 Å². The molecule has 0 fully saturated rings. The number of benzene rings is 8. The SMILES string of the molecule is CC(C)(C)c1ccc2c(c1)c1ccccc1n2-c1ccc(-c2cc(-c3ccccc3-c3nc4ccccc4n3-c3ccccc3)cc(-n3c4ccc(C#N)cc4c4cc(C#N)ccc43)n2)cc1. The highest BCUT2D eigenvalue weighted by molar-refractivity contribution is 6.11. The summed E-state index contributed by atoms with van der Waals surface area (Å²) >= 11 is 0. The van der Waals surface area contributed by atoms with E-state index in [0.29, 0.717) is 16.9 Å². The van der Waals surface area contributed by atoms with Gasteiger partial charge in [-0.1, -0.05) is 112 Å². The minimum Gasteiger partial charge on any atom is -0.309 e. The number of pyridine rings is 1. The van der Waals surface area contributed by atoms with Crippen LogP contribution in [0.15, 0.2) is 194 Å². The van der Waals surface area contributed by atoms with Crippen LogP contribution in [0.3, 0.4) is 0 Å². The minimum atomic E-state index is 0.0230. The van der Waals surface area contributed by atoms with Crippen molar-refractivity contribution in [2.75, 3.05) is 0 Å². The van der Waals surface area contributed by atoms with E-state index in [1.165, 1.54) is 16.3 Å². The van der Waals surface area contributed by atoms with Gasteiger partial charge in [0.25, 0.3) is 0 Å². The summed E-state index contributed by atoms with van der Waals surface area (Å²) in [5.74, 6) is 1.53. The highest BCUT2D eigenvalue weighted by Crippen LogP contribution is 2.41. The largest absolute Gasteiger partial charge is 0.309 e. The lowest BCUT2D eigenvalue weighted by molar-refractivity contribution is 0.591. The molecule has 0 aliphatic rings. The molecule has 7 heteroatoms. The van der Waals surface area contributed by atoms with Crippen molar-refractivity contribution in [3.8, 4) is 63.1 Å². The summed E-state index contributed by atoms with van der Waals surface area (Å²) in [5, 5.41) is 24.2. The Balaban J connectivity index is 1.09. The molecule has 0 amide bonds. The van der Waals surface area contributed by atoms with E-state index in [1.54, 1.807) is 0 Å². The Morgan fingerprint density at radius 2 is 0.985 bits per heavy atom. The fourth-order valence-corrected chi connectivity index (χ4v) is 9.82. The van der Waals surface area contributed by atoms with E-state index in [1.807, 2.05) is 48.5 Å².